The average Bonchev–Trinajstić information content (AvgIpc) is 2.72. The fourth-order valence-corrected chi connectivity index (χ4v) is 2.76. The molecule has 4 heteroatoms. The van der Waals surface area contributed by atoms with Crippen LogP contribution in [0.25, 0.3) is 11.0 Å². The predicted octanol–water partition coefficient (Wildman–Crippen LogP) is 3.52. The van der Waals surface area contributed by atoms with Crippen LogP contribution in [0.15, 0.2) is 53.3 Å². The molecule has 0 N–H and O–H groups in total. The summed E-state index contributed by atoms with van der Waals surface area (Å²) in [5.41, 5.74) is 2.98. The van der Waals surface area contributed by atoms with Gasteiger partial charge in [-0.25, -0.2) is 4.79 Å². The molecule has 0 atom stereocenters. The second-order valence-corrected chi connectivity index (χ2v) is 5.17. The van der Waals surface area contributed by atoms with Crippen molar-refractivity contribution in [3.63, 3.8) is 0 Å². The third kappa shape index (κ3) is 2.14. The number of halogens is 1. The lowest BCUT2D eigenvalue weighted by atomic mass is 10.2. The van der Waals surface area contributed by atoms with E-state index in [1.165, 1.54) is 0 Å². The smallest absolute Gasteiger partial charge is 0.292 e. The molecule has 0 aliphatic carbocycles. The lowest BCUT2D eigenvalue weighted by molar-refractivity contribution is 0.684. The minimum atomic E-state index is 0.0219. The van der Waals surface area contributed by atoms with Crippen molar-refractivity contribution < 1.29 is 0 Å². The normalized spacial score (nSPS) is 11.1. The zero-order valence-corrected chi connectivity index (χ0v) is 12.0. The highest BCUT2D eigenvalue weighted by Crippen LogP contribution is 2.16. The second kappa shape index (κ2) is 5.17. The molecular formula is C16H15ClN2O. The van der Waals surface area contributed by atoms with Crippen LogP contribution in [0, 0.1) is 0 Å². The summed E-state index contributed by atoms with van der Waals surface area (Å²) < 4.78 is 3.59. The molecule has 2 aromatic carbocycles. The lowest BCUT2D eigenvalue weighted by Crippen LogP contribution is -2.24. The van der Waals surface area contributed by atoms with Gasteiger partial charge in [0.2, 0.25) is 0 Å². The van der Waals surface area contributed by atoms with Crippen LogP contribution < -0.4 is 5.69 Å². The number of rotatable bonds is 3. The molecule has 0 unspecified atom stereocenters. The summed E-state index contributed by atoms with van der Waals surface area (Å²) in [5.74, 6) is 0. The Labute approximate surface area is 122 Å². The Kier molecular flexibility index (Phi) is 3.36. The summed E-state index contributed by atoms with van der Waals surface area (Å²) in [6, 6.07) is 15.5. The van der Waals surface area contributed by atoms with Gasteiger partial charge in [-0.2, -0.15) is 0 Å². The van der Waals surface area contributed by atoms with Gasteiger partial charge in [0.15, 0.2) is 0 Å². The van der Waals surface area contributed by atoms with E-state index in [1.54, 1.807) is 9.13 Å². The number of imidazole rings is 1. The van der Waals surface area contributed by atoms with Crippen molar-refractivity contribution in [2.75, 3.05) is 0 Å². The zero-order valence-electron chi connectivity index (χ0n) is 11.2. The number of aryl methyl sites for hydroxylation is 1. The summed E-state index contributed by atoms with van der Waals surface area (Å²) in [5, 5.41) is 0.690. The van der Waals surface area contributed by atoms with Crippen LogP contribution in [-0.2, 0) is 13.1 Å². The first kappa shape index (κ1) is 13.0. The molecule has 3 rings (SSSR count). The quantitative estimate of drug-likeness (QED) is 0.724. The van der Waals surface area contributed by atoms with Crippen molar-refractivity contribution in [3.05, 3.63) is 69.6 Å². The third-order valence-electron chi connectivity index (χ3n) is 3.47. The molecule has 0 spiro atoms. The highest BCUT2D eigenvalue weighted by molar-refractivity contribution is 6.30. The van der Waals surface area contributed by atoms with Gasteiger partial charge in [0.25, 0.3) is 0 Å². The van der Waals surface area contributed by atoms with Crippen LogP contribution in [0.3, 0.4) is 0 Å². The van der Waals surface area contributed by atoms with Gasteiger partial charge in [-0.05, 0) is 36.8 Å². The molecule has 1 aromatic heterocycles. The fourth-order valence-electron chi connectivity index (χ4n) is 2.55. The summed E-state index contributed by atoms with van der Waals surface area (Å²) in [6.07, 6.45) is 0. The molecule has 0 amide bonds. The Hall–Kier alpha value is -2.00. The van der Waals surface area contributed by atoms with Crippen LogP contribution in [0.4, 0.5) is 0 Å². The van der Waals surface area contributed by atoms with Crippen molar-refractivity contribution in [3.8, 4) is 0 Å². The maximum absolute atomic E-state index is 12.5. The highest BCUT2D eigenvalue weighted by atomic mass is 35.5. The maximum atomic E-state index is 12.5. The van der Waals surface area contributed by atoms with E-state index in [9.17, 15) is 4.79 Å². The number of hydrogen-bond donors (Lipinski definition) is 0. The van der Waals surface area contributed by atoms with Crippen molar-refractivity contribution >= 4 is 22.6 Å². The molecule has 102 valence electrons. The van der Waals surface area contributed by atoms with Gasteiger partial charge in [0, 0.05) is 11.6 Å². The average molecular weight is 287 g/mol. The maximum Gasteiger partial charge on any atom is 0.329 e. The molecule has 0 saturated carbocycles. The summed E-state index contributed by atoms with van der Waals surface area (Å²) in [7, 11) is 0. The predicted molar refractivity (Wildman–Crippen MR) is 82.4 cm³/mol. The molecule has 0 aliphatic heterocycles. The lowest BCUT2D eigenvalue weighted by Gasteiger charge is -2.04. The van der Waals surface area contributed by atoms with Gasteiger partial charge >= 0.3 is 5.69 Å². The molecular weight excluding hydrogens is 272 g/mol. The van der Waals surface area contributed by atoms with E-state index in [0.717, 1.165) is 16.6 Å². The van der Waals surface area contributed by atoms with E-state index in [2.05, 4.69) is 0 Å². The number of hydrogen-bond acceptors (Lipinski definition) is 1. The van der Waals surface area contributed by atoms with Crippen LogP contribution in [0.5, 0.6) is 0 Å². The van der Waals surface area contributed by atoms with Crippen LogP contribution in [0.2, 0.25) is 5.02 Å². The standard InChI is InChI=1S/C16H15ClN2O/c1-2-18-14-8-3-4-9-15(14)19(16(18)20)11-12-6-5-7-13(17)10-12/h3-10H,2,11H2,1H3. The SMILES string of the molecule is CCn1c(=O)n(Cc2cccc(Cl)c2)c2ccccc21. The molecule has 3 nitrogen and oxygen atoms in total. The van der Waals surface area contributed by atoms with E-state index in [0.29, 0.717) is 18.1 Å². The highest BCUT2D eigenvalue weighted by Gasteiger charge is 2.11. The Morgan fingerprint density at radius 3 is 2.35 bits per heavy atom. The van der Waals surface area contributed by atoms with Gasteiger partial charge in [-0.3, -0.25) is 9.13 Å². The van der Waals surface area contributed by atoms with Gasteiger partial charge in [0.1, 0.15) is 0 Å². The van der Waals surface area contributed by atoms with Crippen molar-refractivity contribution in [1.82, 2.24) is 9.13 Å². The molecule has 1 heterocycles. The van der Waals surface area contributed by atoms with Gasteiger partial charge < -0.3 is 0 Å². The molecule has 0 radical (unpaired) electrons. The third-order valence-corrected chi connectivity index (χ3v) is 3.71. The van der Waals surface area contributed by atoms with Gasteiger partial charge in [-0.1, -0.05) is 35.9 Å². The Balaban J connectivity index is 2.16. The number of benzene rings is 2. The summed E-state index contributed by atoms with van der Waals surface area (Å²) in [6.45, 7) is 3.19. The number of fused-ring (bicyclic) bond motifs is 1. The number of para-hydroxylation sites is 2. The van der Waals surface area contributed by atoms with E-state index in [-0.39, 0.29) is 5.69 Å². The summed E-state index contributed by atoms with van der Waals surface area (Å²) in [4.78, 5) is 12.5. The zero-order chi connectivity index (χ0) is 14.1. The first-order chi connectivity index (χ1) is 9.70. The Morgan fingerprint density at radius 2 is 1.70 bits per heavy atom. The molecule has 0 aliphatic rings. The van der Waals surface area contributed by atoms with Crippen molar-refractivity contribution in [1.29, 1.82) is 0 Å². The van der Waals surface area contributed by atoms with E-state index >= 15 is 0 Å². The number of aromatic nitrogens is 2. The largest absolute Gasteiger partial charge is 0.329 e. The molecule has 0 fully saturated rings. The van der Waals surface area contributed by atoms with Crippen LogP contribution in [0.1, 0.15) is 12.5 Å². The molecule has 3 aromatic rings. The van der Waals surface area contributed by atoms with E-state index in [4.69, 9.17) is 11.6 Å². The number of nitrogens with zero attached hydrogens (tertiary/aromatic N) is 2. The van der Waals surface area contributed by atoms with E-state index in [1.807, 2.05) is 55.5 Å². The van der Waals surface area contributed by atoms with E-state index < -0.39 is 0 Å². The monoisotopic (exact) mass is 286 g/mol. The van der Waals surface area contributed by atoms with Crippen molar-refractivity contribution in [2.24, 2.45) is 0 Å². The summed E-state index contributed by atoms with van der Waals surface area (Å²) >= 11 is 6.01. The minimum Gasteiger partial charge on any atom is -0.292 e. The Morgan fingerprint density at radius 1 is 1.00 bits per heavy atom. The van der Waals surface area contributed by atoms with Crippen LogP contribution in [-0.4, -0.2) is 9.13 Å². The first-order valence-corrected chi connectivity index (χ1v) is 7.01. The molecule has 20 heavy (non-hydrogen) atoms. The molecule has 0 bridgehead atoms. The Bertz CT molecular complexity index is 817. The minimum absolute atomic E-state index is 0.0219. The van der Waals surface area contributed by atoms with Crippen LogP contribution >= 0.6 is 11.6 Å². The molecule has 0 saturated heterocycles. The fraction of sp³-hybridized carbons (Fsp3) is 0.188. The first-order valence-electron chi connectivity index (χ1n) is 6.63. The van der Waals surface area contributed by atoms with Gasteiger partial charge in [-0.15, -0.1) is 0 Å². The van der Waals surface area contributed by atoms with Gasteiger partial charge in [0.05, 0.1) is 17.6 Å². The topological polar surface area (TPSA) is 26.9 Å². The van der Waals surface area contributed by atoms with Crippen molar-refractivity contribution in [2.45, 2.75) is 20.0 Å². The second-order valence-electron chi connectivity index (χ2n) is 4.73.